The Morgan fingerprint density at radius 1 is 1.82 bits per heavy atom. The highest BCUT2D eigenvalue weighted by Gasteiger charge is 1.73. The van der Waals surface area contributed by atoms with Crippen molar-refractivity contribution >= 4 is 5.97 Å². The summed E-state index contributed by atoms with van der Waals surface area (Å²) in [5.74, 6) is -0.981. The molecule has 4 nitrogen and oxygen atoms in total. The van der Waals surface area contributed by atoms with E-state index in [4.69, 9.17) is 10.8 Å². The van der Waals surface area contributed by atoms with Crippen molar-refractivity contribution in [2.75, 3.05) is 19.6 Å². The van der Waals surface area contributed by atoms with Crippen LogP contribution < -0.4 is 11.1 Å². The summed E-state index contributed by atoms with van der Waals surface area (Å²) in [6, 6.07) is 0. The molecular weight excluding hydrogens is 144 g/mol. The number of carboxylic acid groups (broad SMARTS) is 1. The minimum absolute atomic E-state index is 0.744. The Kier molecular flexibility index (Phi) is 13.8. The van der Waals surface area contributed by atoms with Crippen molar-refractivity contribution in [1.82, 2.24) is 5.32 Å². The summed E-state index contributed by atoms with van der Waals surface area (Å²) in [4.78, 5) is 9.25. The van der Waals surface area contributed by atoms with Gasteiger partial charge in [-0.25, -0.2) is 4.79 Å². The Morgan fingerprint density at radius 3 is 2.36 bits per heavy atom. The van der Waals surface area contributed by atoms with Gasteiger partial charge in [0, 0.05) is 19.2 Å². The molecule has 0 aromatic rings. The van der Waals surface area contributed by atoms with Crippen LogP contribution in [0, 0.1) is 0 Å². The average Bonchev–Trinajstić information content (AvgIpc) is 2.02. The van der Waals surface area contributed by atoms with Crippen LogP contribution in [0.5, 0.6) is 0 Å². The molecule has 0 spiro atoms. The second-order valence-corrected chi connectivity index (χ2v) is 1.68. The number of nitrogens with two attached hydrogens (primary N) is 1. The van der Waals surface area contributed by atoms with Gasteiger partial charge in [-0.15, -0.1) is 0 Å². The third-order valence-corrected chi connectivity index (χ3v) is 0.746. The molecule has 0 fully saturated rings. The molecule has 0 atom stereocenters. The highest BCUT2D eigenvalue weighted by molar-refractivity contribution is 5.78. The maximum atomic E-state index is 9.25. The molecule has 66 valence electrons. The number of aliphatic carboxylic acids is 1. The number of likely N-dealkylation sites (N-methyl/N-ethyl adjacent to an activating group) is 1. The average molecular weight is 160 g/mol. The summed E-state index contributed by atoms with van der Waals surface area (Å²) in [7, 11) is 0. The van der Waals surface area contributed by atoms with Crippen LogP contribution in [-0.2, 0) is 4.79 Å². The van der Waals surface area contributed by atoms with Crippen LogP contribution in [0.1, 0.15) is 6.92 Å². The van der Waals surface area contributed by atoms with Gasteiger partial charge in [0.1, 0.15) is 0 Å². The van der Waals surface area contributed by atoms with E-state index in [0.717, 1.165) is 25.7 Å². The molecule has 0 rings (SSSR count). The van der Waals surface area contributed by atoms with Crippen molar-refractivity contribution in [2.45, 2.75) is 6.92 Å². The Labute approximate surface area is 67.1 Å². The van der Waals surface area contributed by atoms with Gasteiger partial charge in [-0.05, 0) is 6.54 Å². The van der Waals surface area contributed by atoms with Gasteiger partial charge >= 0.3 is 5.97 Å². The zero-order valence-corrected chi connectivity index (χ0v) is 6.84. The summed E-state index contributed by atoms with van der Waals surface area (Å²) >= 11 is 0. The molecule has 0 saturated carbocycles. The van der Waals surface area contributed by atoms with E-state index < -0.39 is 5.97 Å². The molecule has 0 unspecified atom stereocenters. The lowest BCUT2D eigenvalue weighted by Crippen LogP contribution is -2.21. The van der Waals surface area contributed by atoms with E-state index in [1.54, 1.807) is 0 Å². The first kappa shape index (κ1) is 12.8. The van der Waals surface area contributed by atoms with Gasteiger partial charge in [-0.1, -0.05) is 13.5 Å². The van der Waals surface area contributed by atoms with Gasteiger partial charge in [0.15, 0.2) is 0 Å². The van der Waals surface area contributed by atoms with E-state index >= 15 is 0 Å². The largest absolute Gasteiger partial charge is 0.478 e. The number of carboxylic acids is 1. The van der Waals surface area contributed by atoms with Crippen molar-refractivity contribution in [2.24, 2.45) is 5.73 Å². The van der Waals surface area contributed by atoms with Crippen molar-refractivity contribution < 1.29 is 9.90 Å². The van der Waals surface area contributed by atoms with E-state index in [0.29, 0.717) is 0 Å². The number of hydrogen-bond acceptors (Lipinski definition) is 3. The molecule has 0 aromatic carbocycles. The maximum absolute atomic E-state index is 9.25. The summed E-state index contributed by atoms with van der Waals surface area (Å²) in [6.07, 6.45) is 0.833. The molecule has 4 N–H and O–H groups in total. The van der Waals surface area contributed by atoms with E-state index in [2.05, 4.69) is 18.8 Å². The fourth-order valence-electron chi connectivity index (χ4n) is 0.279. The van der Waals surface area contributed by atoms with E-state index in [-0.39, 0.29) is 0 Å². The van der Waals surface area contributed by atoms with Gasteiger partial charge in [-0.3, -0.25) is 0 Å². The lowest BCUT2D eigenvalue weighted by atomic mass is 10.6. The Hall–Kier alpha value is -0.870. The van der Waals surface area contributed by atoms with Crippen LogP contribution in [-0.4, -0.2) is 30.7 Å². The summed E-state index contributed by atoms with van der Waals surface area (Å²) in [6.45, 7) is 7.74. The topological polar surface area (TPSA) is 75.3 Å². The lowest BCUT2D eigenvalue weighted by Gasteiger charge is -1.92. The number of nitrogens with one attached hydrogen (secondary N) is 1. The first-order valence-corrected chi connectivity index (χ1v) is 3.45. The molecule has 0 amide bonds. The van der Waals surface area contributed by atoms with Crippen LogP contribution in [0.4, 0.5) is 0 Å². The molecular formula is C7H16N2O2. The fraction of sp³-hybridized carbons (Fsp3) is 0.571. The highest BCUT2D eigenvalue weighted by Crippen LogP contribution is 1.54. The second kappa shape index (κ2) is 11.9. The predicted molar refractivity (Wildman–Crippen MR) is 45.4 cm³/mol. The summed E-state index contributed by atoms with van der Waals surface area (Å²) in [5, 5.41) is 10.7. The van der Waals surface area contributed by atoms with Gasteiger partial charge in [0.05, 0.1) is 0 Å². The van der Waals surface area contributed by atoms with Gasteiger partial charge in [0.25, 0.3) is 0 Å². The highest BCUT2D eigenvalue weighted by atomic mass is 16.4. The number of rotatable bonds is 4. The van der Waals surface area contributed by atoms with Crippen molar-refractivity contribution in [1.29, 1.82) is 0 Å². The van der Waals surface area contributed by atoms with E-state index in [1.807, 2.05) is 0 Å². The molecule has 0 aliphatic rings. The standard InChI is InChI=1S/C4H12N2.C3H4O2/c1-2-6-4-3-5;1-2-3(4)5/h6H,2-5H2,1H3;2H,1H2,(H,4,5). The first-order valence-electron chi connectivity index (χ1n) is 3.45. The van der Waals surface area contributed by atoms with Crippen LogP contribution in [0.3, 0.4) is 0 Å². The molecule has 0 aromatic heterocycles. The minimum atomic E-state index is -0.981. The van der Waals surface area contributed by atoms with E-state index in [9.17, 15) is 4.79 Å². The molecule has 0 radical (unpaired) electrons. The monoisotopic (exact) mass is 160 g/mol. The van der Waals surface area contributed by atoms with Crippen molar-refractivity contribution in [3.05, 3.63) is 12.7 Å². The summed E-state index contributed by atoms with van der Waals surface area (Å²) < 4.78 is 0. The zero-order valence-electron chi connectivity index (χ0n) is 6.84. The molecule has 0 aliphatic heterocycles. The second-order valence-electron chi connectivity index (χ2n) is 1.68. The molecule has 11 heavy (non-hydrogen) atoms. The molecule has 4 heteroatoms. The van der Waals surface area contributed by atoms with Crippen LogP contribution in [0.25, 0.3) is 0 Å². The van der Waals surface area contributed by atoms with Gasteiger partial charge in [0.2, 0.25) is 0 Å². The third kappa shape index (κ3) is 27.2. The van der Waals surface area contributed by atoms with Gasteiger partial charge in [-0.2, -0.15) is 0 Å². The smallest absolute Gasteiger partial charge is 0.327 e. The van der Waals surface area contributed by atoms with Crippen LogP contribution >= 0.6 is 0 Å². The maximum Gasteiger partial charge on any atom is 0.327 e. The fourth-order valence-corrected chi connectivity index (χ4v) is 0.279. The van der Waals surface area contributed by atoms with E-state index in [1.165, 1.54) is 0 Å². The quantitative estimate of drug-likeness (QED) is 0.393. The molecule has 0 saturated heterocycles. The van der Waals surface area contributed by atoms with Crippen molar-refractivity contribution in [3.8, 4) is 0 Å². The molecule has 0 heterocycles. The Bertz CT molecular complexity index is 101. The third-order valence-electron chi connectivity index (χ3n) is 0.746. The Balaban J connectivity index is 0. The van der Waals surface area contributed by atoms with Crippen molar-refractivity contribution in [3.63, 3.8) is 0 Å². The normalized spacial score (nSPS) is 7.82. The lowest BCUT2D eigenvalue weighted by molar-refractivity contribution is -0.131. The summed E-state index contributed by atoms with van der Waals surface area (Å²) in [5.41, 5.74) is 5.15. The van der Waals surface area contributed by atoms with Crippen LogP contribution in [0.2, 0.25) is 0 Å². The Morgan fingerprint density at radius 2 is 2.27 bits per heavy atom. The molecule has 0 bridgehead atoms. The number of carbonyl (C=O) groups is 1. The van der Waals surface area contributed by atoms with Gasteiger partial charge < -0.3 is 16.2 Å². The minimum Gasteiger partial charge on any atom is -0.478 e. The predicted octanol–water partition coefficient (Wildman–Crippen LogP) is -0.188. The van der Waals surface area contributed by atoms with Crippen LogP contribution in [0.15, 0.2) is 12.7 Å². The SMILES string of the molecule is C=CC(=O)O.CCNCCN. The number of hydrogen-bond donors (Lipinski definition) is 3. The zero-order chi connectivity index (χ0) is 9.11. The molecule has 0 aliphatic carbocycles. The first-order chi connectivity index (χ1) is 5.18.